The van der Waals surface area contributed by atoms with Gasteiger partial charge in [0.05, 0.1) is 7.11 Å². The molecule has 0 fully saturated rings. The number of carbonyl (C=O) groups is 1. The standard InChI is InChI=1S/C29H24Cl2N4O3/c1-37-25-13-20(10-11-24(25)38-18-27(36)33-23-15-21(30)14-22(31)16-23)28-29(32-17-19-7-3-2-4-8-19)35-12-6-5-9-26(35)34-28/h2-16,32H,17-18H2,1H3,(H,33,36). The van der Waals surface area contributed by atoms with E-state index in [-0.39, 0.29) is 12.5 Å². The number of nitrogens with one attached hydrogen (secondary N) is 2. The van der Waals surface area contributed by atoms with E-state index in [9.17, 15) is 4.79 Å². The largest absolute Gasteiger partial charge is 0.493 e. The Morgan fingerprint density at radius 1 is 0.921 bits per heavy atom. The third-order valence-electron chi connectivity index (χ3n) is 5.77. The highest BCUT2D eigenvalue weighted by atomic mass is 35.5. The van der Waals surface area contributed by atoms with E-state index in [1.165, 1.54) is 0 Å². The van der Waals surface area contributed by atoms with Crippen LogP contribution in [0.4, 0.5) is 11.5 Å². The monoisotopic (exact) mass is 546 g/mol. The van der Waals surface area contributed by atoms with Crippen molar-refractivity contribution in [3.05, 3.63) is 107 Å². The third-order valence-corrected chi connectivity index (χ3v) is 6.21. The van der Waals surface area contributed by atoms with Gasteiger partial charge in [0.25, 0.3) is 5.91 Å². The van der Waals surface area contributed by atoms with E-state index in [1.54, 1.807) is 31.4 Å². The number of halogens is 2. The number of imidazole rings is 1. The van der Waals surface area contributed by atoms with Crippen molar-refractivity contribution in [3.63, 3.8) is 0 Å². The Kier molecular flexibility index (Phi) is 7.67. The molecule has 5 aromatic rings. The first kappa shape index (κ1) is 25.4. The number of anilines is 2. The Hall–Kier alpha value is -4.20. The Balaban J connectivity index is 1.36. The average molecular weight is 547 g/mol. The van der Waals surface area contributed by atoms with Crippen LogP contribution in [0.3, 0.4) is 0 Å². The average Bonchev–Trinajstić information content (AvgIpc) is 3.29. The number of benzene rings is 3. The summed E-state index contributed by atoms with van der Waals surface area (Å²) in [5.74, 6) is 1.41. The first-order valence-electron chi connectivity index (χ1n) is 11.8. The summed E-state index contributed by atoms with van der Waals surface area (Å²) in [4.78, 5) is 17.3. The SMILES string of the molecule is COc1cc(-c2nc3ccccn3c2NCc2ccccc2)ccc1OCC(=O)Nc1cc(Cl)cc(Cl)c1. The number of carbonyl (C=O) groups excluding carboxylic acids is 1. The molecule has 5 rings (SSSR count). The molecule has 0 aliphatic carbocycles. The molecular formula is C29H24Cl2N4O3. The van der Waals surface area contributed by atoms with E-state index < -0.39 is 0 Å². The maximum Gasteiger partial charge on any atom is 0.262 e. The molecule has 0 bridgehead atoms. The number of methoxy groups -OCH3 is 1. The molecule has 0 atom stereocenters. The fourth-order valence-electron chi connectivity index (χ4n) is 4.05. The quantitative estimate of drug-likeness (QED) is 0.209. The van der Waals surface area contributed by atoms with Gasteiger partial charge in [0, 0.05) is 34.0 Å². The van der Waals surface area contributed by atoms with Crippen LogP contribution in [0.2, 0.25) is 10.0 Å². The van der Waals surface area contributed by atoms with Crippen LogP contribution >= 0.6 is 23.2 Å². The summed E-state index contributed by atoms with van der Waals surface area (Å²) in [7, 11) is 1.55. The van der Waals surface area contributed by atoms with Crippen molar-refractivity contribution in [2.45, 2.75) is 6.54 Å². The van der Waals surface area contributed by atoms with Crippen molar-refractivity contribution in [2.75, 3.05) is 24.4 Å². The van der Waals surface area contributed by atoms with E-state index >= 15 is 0 Å². The number of aromatic nitrogens is 2. The first-order chi connectivity index (χ1) is 18.5. The summed E-state index contributed by atoms with van der Waals surface area (Å²) in [5.41, 5.74) is 4.07. The van der Waals surface area contributed by atoms with Gasteiger partial charge in [-0.1, -0.05) is 59.6 Å². The van der Waals surface area contributed by atoms with E-state index in [4.69, 9.17) is 37.7 Å². The van der Waals surface area contributed by atoms with Gasteiger partial charge in [0.15, 0.2) is 18.1 Å². The van der Waals surface area contributed by atoms with Crippen LogP contribution in [-0.2, 0) is 11.3 Å². The van der Waals surface area contributed by atoms with Crippen LogP contribution in [0.25, 0.3) is 16.9 Å². The highest BCUT2D eigenvalue weighted by Gasteiger charge is 2.17. The van der Waals surface area contributed by atoms with Gasteiger partial charge in [-0.15, -0.1) is 0 Å². The predicted molar refractivity (Wildman–Crippen MR) is 152 cm³/mol. The van der Waals surface area contributed by atoms with E-state index in [0.717, 1.165) is 28.3 Å². The number of hydrogen-bond donors (Lipinski definition) is 2. The summed E-state index contributed by atoms with van der Waals surface area (Å²) in [6, 6.07) is 26.4. The molecule has 38 heavy (non-hydrogen) atoms. The molecule has 0 spiro atoms. The highest BCUT2D eigenvalue weighted by Crippen LogP contribution is 2.36. The fraction of sp³-hybridized carbons (Fsp3) is 0.103. The molecule has 2 N–H and O–H groups in total. The van der Waals surface area contributed by atoms with Crippen LogP contribution in [0.15, 0.2) is 91.1 Å². The summed E-state index contributed by atoms with van der Waals surface area (Å²) in [6.45, 7) is 0.417. The maximum atomic E-state index is 12.4. The first-order valence-corrected chi connectivity index (χ1v) is 12.6. The predicted octanol–water partition coefficient (Wildman–Crippen LogP) is 6.95. The fourth-order valence-corrected chi connectivity index (χ4v) is 4.57. The van der Waals surface area contributed by atoms with Crippen molar-refractivity contribution >= 4 is 46.3 Å². The summed E-state index contributed by atoms with van der Waals surface area (Å²) >= 11 is 12.0. The van der Waals surface area contributed by atoms with Crippen LogP contribution in [-0.4, -0.2) is 29.0 Å². The van der Waals surface area contributed by atoms with Gasteiger partial charge in [-0.25, -0.2) is 4.98 Å². The minimum absolute atomic E-state index is 0.224. The van der Waals surface area contributed by atoms with Crippen molar-refractivity contribution in [2.24, 2.45) is 0 Å². The molecule has 9 heteroatoms. The lowest BCUT2D eigenvalue weighted by Crippen LogP contribution is -2.20. The number of amides is 1. The molecule has 2 heterocycles. The van der Waals surface area contributed by atoms with Gasteiger partial charge in [-0.05, 0) is 54.1 Å². The number of fused-ring (bicyclic) bond motifs is 1. The van der Waals surface area contributed by atoms with Crippen LogP contribution in [0, 0.1) is 0 Å². The van der Waals surface area contributed by atoms with Gasteiger partial charge < -0.3 is 20.1 Å². The zero-order valence-electron chi connectivity index (χ0n) is 20.4. The Morgan fingerprint density at radius 3 is 2.45 bits per heavy atom. The Morgan fingerprint density at radius 2 is 1.68 bits per heavy atom. The lowest BCUT2D eigenvalue weighted by atomic mass is 10.1. The van der Waals surface area contributed by atoms with Crippen molar-refractivity contribution in [1.82, 2.24) is 9.38 Å². The molecule has 2 aromatic heterocycles. The van der Waals surface area contributed by atoms with Crippen LogP contribution < -0.4 is 20.1 Å². The zero-order chi connectivity index (χ0) is 26.5. The number of hydrogen-bond acceptors (Lipinski definition) is 5. The normalized spacial score (nSPS) is 10.8. The van der Waals surface area contributed by atoms with Gasteiger partial charge in [-0.2, -0.15) is 0 Å². The van der Waals surface area contributed by atoms with Crippen LogP contribution in [0.5, 0.6) is 11.5 Å². The molecule has 7 nitrogen and oxygen atoms in total. The molecule has 1 amide bonds. The summed E-state index contributed by atoms with van der Waals surface area (Å²) < 4.78 is 13.4. The molecule has 3 aromatic carbocycles. The van der Waals surface area contributed by atoms with Gasteiger partial charge in [0.2, 0.25) is 0 Å². The Bertz CT molecular complexity index is 1570. The van der Waals surface area contributed by atoms with Crippen molar-refractivity contribution in [3.8, 4) is 22.8 Å². The number of nitrogens with zero attached hydrogens (tertiary/aromatic N) is 2. The molecule has 0 aliphatic rings. The number of rotatable bonds is 9. The van der Waals surface area contributed by atoms with Gasteiger partial charge in [-0.3, -0.25) is 9.20 Å². The van der Waals surface area contributed by atoms with E-state index in [1.807, 2.05) is 59.1 Å². The third kappa shape index (κ3) is 5.85. The summed E-state index contributed by atoms with van der Waals surface area (Å²) in [5, 5.41) is 7.11. The second kappa shape index (κ2) is 11.5. The molecule has 0 radical (unpaired) electrons. The molecule has 0 aliphatic heterocycles. The maximum absolute atomic E-state index is 12.4. The topological polar surface area (TPSA) is 76.9 Å². The van der Waals surface area contributed by atoms with E-state index in [0.29, 0.717) is 33.8 Å². The minimum Gasteiger partial charge on any atom is -0.493 e. The molecular weight excluding hydrogens is 523 g/mol. The molecule has 192 valence electrons. The second-order valence-corrected chi connectivity index (χ2v) is 9.31. The smallest absolute Gasteiger partial charge is 0.262 e. The molecule has 0 unspecified atom stereocenters. The van der Waals surface area contributed by atoms with Crippen molar-refractivity contribution < 1.29 is 14.3 Å². The Labute approximate surface area is 229 Å². The molecule has 0 saturated heterocycles. The summed E-state index contributed by atoms with van der Waals surface area (Å²) in [6.07, 6.45) is 1.97. The zero-order valence-corrected chi connectivity index (χ0v) is 22.0. The number of pyridine rings is 1. The highest BCUT2D eigenvalue weighted by molar-refractivity contribution is 6.35. The molecule has 0 saturated carbocycles. The lowest BCUT2D eigenvalue weighted by Gasteiger charge is -2.13. The van der Waals surface area contributed by atoms with Gasteiger partial charge >= 0.3 is 0 Å². The second-order valence-electron chi connectivity index (χ2n) is 8.44. The number of ether oxygens (including phenoxy) is 2. The van der Waals surface area contributed by atoms with E-state index in [2.05, 4.69) is 22.8 Å². The lowest BCUT2D eigenvalue weighted by molar-refractivity contribution is -0.118. The van der Waals surface area contributed by atoms with Crippen LogP contribution in [0.1, 0.15) is 5.56 Å². The minimum atomic E-state index is -0.359. The van der Waals surface area contributed by atoms with Gasteiger partial charge in [0.1, 0.15) is 17.2 Å². The van der Waals surface area contributed by atoms with Crippen molar-refractivity contribution in [1.29, 1.82) is 0 Å².